The fourth-order valence-corrected chi connectivity index (χ4v) is 2.41. The number of allylic oxidation sites excluding steroid dienone is 2. The van der Waals surface area contributed by atoms with Crippen LogP contribution in [-0.2, 0) is 9.59 Å². The molecule has 2 rings (SSSR count). The molecule has 6 heteroatoms. The van der Waals surface area contributed by atoms with Crippen molar-refractivity contribution in [1.82, 2.24) is 9.91 Å². The van der Waals surface area contributed by atoms with Crippen LogP contribution in [0.3, 0.4) is 0 Å². The van der Waals surface area contributed by atoms with Crippen LogP contribution in [0.4, 0.5) is 4.39 Å². The Morgan fingerprint density at radius 2 is 1.96 bits per heavy atom. The predicted octanol–water partition coefficient (Wildman–Crippen LogP) is 2.19. The van der Waals surface area contributed by atoms with Gasteiger partial charge < -0.3 is 4.90 Å². The first-order valence-corrected chi connectivity index (χ1v) is 7.61. The summed E-state index contributed by atoms with van der Waals surface area (Å²) in [6, 6.07) is 5.82. The zero-order valence-corrected chi connectivity index (χ0v) is 13.1. The molecule has 0 saturated carbocycles. The van der Waals surface area contributed by atoms with Crippen molar-refractivity contribution in [2.75, 3.05) is 19.6 Å². The van der Waals surface area contributed by atoms with Gasteiger partial charge in [0, 0.05) is 18.7 Å². The second-order valence-electron chi connectivity index (χ2n) is 5.28. The van der Waals surface area contributed by atoms with E-state index in [-0.39, 0.29) is 18.3 Å². The van der Waals surface area contributed by atoms with Crippen molar-refractivity contribution < 1.29 is 14.0 Å². The van der Waals surface area contributed by atoms with Crippen LogP contribution in [0.25, 0.3) is 0 Å². The lowest BCUT2D eigenvalue weighted by atomic mass is 10.1. The van der Waals surface area contributed by atoms with Gasteiger partial charge in [-0.05, 0) is 50.1 Å². The molecule has 0 aliphatic carbocycles. The summed E-state index contributed by atoms with van der Waals surface area (Å²) in [4.78, 5) is 25.1. The zero-order chi connectivity index (χ0) is 16.7. The summed E-state index contributed by atoms with van der Waals surface area (Å²) < 4.78 is 13.0. The molecule has 0 radical (unpaired) electrons. The van der Waals surface area contributed by atoms with Crippen LogP contribution in [0.2, 0.25) is 0 Å². The van der Waals surface area contributed by atoms with Crippen molar-refractivity contribution in [1.29, 1.82) is 0 Å². The summed E-state index contributed by atoms with van der Waals surface area (Å²) in [5, 5.41) is 5.30. The van der Waals surface area contributed by atoms with E-state index in [1.165, 1.54) is 12.1 Å². The number of hydrogen-bond donors (Lipinski definition) is 0. The number of benzene rings is 1. The summed E-state index contributed by atoms with van der Waals surface area (Å²) in [5.74, 6) is -0.456. The van der Waals surface area contributed by atoms with E-state index in [1.807, 2.05) is 6.92 Å². The molecule has 1 aromatic carbocycles. The SMILES string of the molecule is C/C=C\C(=N/N(C=O)CC(=O)N1CCCC1)c1ccc(F)cc1. The van der Waals surface area contributed by atoms with Crippen molar-refractivity contribution >= 4 is 18.0 Å². The molecule has 1 aliphatic rings. The molecule has 1 aromatic rings. The summed E-state index contributed by atoms with van der Waals surface area (Å²) in [5.41, 5.74) is 1.17. The molecule has 0 N–H and O–H groups in total. The highest BCUT2D eigenvalue weighted by molar-refractivity contribution is 6.08. The first-order valence-electron chi connectivity index (χ1n) is 7.61. The first kappa shape index (κ1) is 16.9. The van der Waals surface area contributed by atoms with Gasteiger partial charge >= 0.3 is 0 Å². The monoisotopic (exact) mass is 317 g/mol. The molecule has 0 spiro atoms. The molecule has 0 bridgehead atoms. The van der Waals surface area contributed by atoms with Crippen molar-refractivity contribution in [2.45, 2.75) is 19.8 Å². The third-order valence-corrected chi connectivity index (χ3v) is 3.58. The maximum atomic E-state index is 13.0. The van der Waals surface area contributed by atoms with Gasteiger partial charge in [-0.3, -0.25) is 9.59 Å². The Bertz CT molecular complexity index is 605. The van der Waals surface area contributed by atoms with Crippen LogP contribution in [-0.4, -0.2) is 47.6 Å². The zero-order valence-electron chi connectivity index (χ0n) is 13.1. The topological polar surface area (TPSA) is 53.0 Å². The molecule has 1 fully saturated rings. The van der Waals surface area contributed by atoms with Gasteiger partial charge in [-0.1, -0.05) is 6.08 Å². The van der Waals surface area contributed by atoms with Crippen LogP contribution >= 0.6 is 0 Å². The molecule has 0 unspecified atom stereocenters. The van der Waals surface area contributed by atoms with Crippen LogP contribution in [0, 0.1) is 5.82 Å². The maximum Gasteiger partial charge on any atom is 0.244 e. The minimum Gasteiger partial charge on any atom is -0.341 e. The highest BCUT2D eigenvalue weighted by Crippen LogP contribution is 2.09. The minimum atomic E-state index is -0.343. The second-order valence-corrected chi connectivity index (χ2v) is 5.28. The van der Waals surface area contributed by atoms with E-state index >= 15 is 0 Å². The summed E-state index contributed by atoms with van der Waals surface area (Å²) in [6.07, 6.45) is 6.00. The van der Waals surface area contributed by atoms with E-state index in [4.69, 9.17) is 0 Å². The van der Waals surface area contributed by atoms with Crippen LogP contribution in [0.5, 0.6) is 0 Å². The Labute approximate surface area is 135 Å². The van der Waals surface area contributed by atoms with Crippen molar-refractivity contribution in [3.8, 4) is 0 Å². The highest BCUT2D eigenvalue weighted by atomic mass is 19.1. The predicted molar refractivity (Wildman–Crippen MR) is 86.3 cm³/mol. The Kier molecular flexibility index (Phi) is 6.02. The molecule has 0 atom stereocenters. The van der Waals surface area contributed by atoms with Gasteiger partial charge in [-0.15, -0.1) is 0 Å². The van der Waals surface area contributed by atoms with Gasteiger partial charge in [-0.2, -0.15) is 5.10 Å². The fourth-order valence-electron chi connectivity index (χ4n) is 2.41. The quantitative estimate of drug-likeness (QED) is 0.459. The minimum absolute atomic E-state index is 0.0915. The second kappa shape index (κ2) is 8.22. The van der Waals surface area contributed by atoms with E-state index in [9.17, 15) is 14.0 Å². The molecule has 2 amide bonds. The number of amides is 2. The number of carbonyl (C=O) groups is 2. The van der Waals surface area contributed by atoms with Gasteiger partial charge in [0.1, 0.15) is 12.4 Å². The van der Waals surface area contributed by atoms with Gasteiger partial charge in [0.25, 0.3) is 0 Å². The largest absolute Gasteiger partial charge is 0.341 e. The van der Waals surface area contributed by atoms with Crippen LogP contribution in [0.15, 0.2) is 41.5 Å². The average Bonchev–Trinajstić information content (AvgIpc) is 3.09. The van der Waals surface area contributed by atoms with Gasteiger partial charge in [0.2, 0.25) is 12.3 Å². The molecule has 1 heterocycles. The number of hydrogen-bond acceptors (Lipinski definition) is 3. The Hall–Kier alpha value is -2.50. The number of halogens is 1. The Balaban J connectivity index is 2.16. The van der Waals surface area contributed by atoms with E-state index in [2.05, 4.69) is 5.10 Å². The van der Waals surface area contributed by atoms with Crippen LogP contribution < -0.4 is 0 Å². The van der Waals surface area contributed by atoms with E-state index in [1.54, 1.807) is 29.2 Å². The maximum absolute atomic E-state index is 13.0. The number of hydrazone groups is 1. The third-order valence-electron chi connectivity index (χ3n) is 3.58. The summed E-state index contributed by atoms with van der Waals surface area (Å²) in [7, 11) is 0. The van der Waals surface area contributed by atoms with E-state index in [0.29, 0.717) is 17.7 Å². The molecule has 1 saturated heterocycles. The van der Waals surface area contributed by atoms with Gasteiger partial charge in [0.05, 0.1) is 5.71 Å². The molecular weight excluding hydrogens is 297 g/mol. The standard InChI is InChI=1S/C17H20FN3O2/c1-2-5-16(14-6-8-15(18)9-7-14)19-21(13-22)12-17(23)20-10-3-4-11-20/h2,5-9,13H,3-4,10-12H2,1H3/b5-2-,19-16+. The van der Waals surface area contributed by atoms with E-state index < -0.39 is 0 Å². The van der Waals surface area contributed by atoms with Crippen molar-refractivity contribution in [2.24, 2.45) is 5.10 Å². The molecule has 122 valence electrons. The Morgan fingerprint density at radius 1 is 1.30 bits per heavy atom. The number of rotatable bonds is 6. The number of nitrogens with zero attached hydrogens (tertiary/aromatic N) is 3. The lowest BCUT2D eigenvalue weighted by molar-refractivity contribution is -0.134. The Morgan fingerprint density at radius 3 is 2.52 bits per heavy atom. The highest BCUT2D eigenvalue weighted by Gasteiger charge is 2.20. The normalized spacial score (nSPS) is 15.2. The summed E-state index contributed by atoms with van der Waals surface area (Å²) in [6.45, 7) is 3.19. The third kappa shape index (κ3) is 4.74. The fraction of sp³-hybridized carbons (Fsp3) is 0.353. The van der Waals surface area contributed by atoms with E-state index in [0.717, 1.165) is 30.9 Å². The molecule has 5 nitrogen and oxygen atoms in total. The molecule has 23 heavy (non-hydrogen) atoms. The molecule has 1 aliphatic heterocycles. The first-order chi connectivity index (χ1) is 11.1. The average molecular weight is 317 g/mol. The van der Waals surface area contributed by atoms with Crippen molar-refractivity contribution in [3.05, 3.63) is 47.8 Å². The lowest BCUT2D eigenvalue weighted by Crippen LogP contribution is -2.36. The molecule has 0 aromatic heterocycles. The number of likely N-dealkylation sites (tertiary alicyclic amines) is 1. The smallest absolute Gasteiger partial charge is 0.244 e. The van der Waals surface area contributed by atoms with Gasteiger partial charge in [-0.25, -0.2) is 9.40 Å². The number of carbonyl (C=O) groups excluding carboxylic acids is 2. The van der Waals surface area contributed by atoms with Crippen molar-refractivity contribution in [3.63, 3.8) is 0 Å². The van der Waals surface area contributed by atoms with Crippen LogP contribution in [0.1, 0.15) is 25.3 Å². The molecular formula is C17H20FN3O2. The lowest BCUT2D eigenvalue weighted by Gasteiger charge is -2.18. The van der Waals surface area contributed by atoms with Gasteiger partial charge in [0.15, 0.2) is 0 Å². The summed E-state index contributed by atoms with van der Waals surface area (Å²) >= 11 is 0.